The molecule has 1 aromatic carbocycles. The SMILES string of the molecule is COc1ccc(CN(CCCO)C[C@@H]2C(=O)O[C@@H]3C[C@@]4(C)CCC[C@]5(CO5)[C@@H]4C[C@H]23)cc1OC. The van der Waals surface area contributed by atoms with Crippen LogP contribution in [0.1, 0.15) is 51.0 Å². The molecule has 2 saturated heterocycles. The molecule has 4 fully saturated rings. The van der Waals surface area contributed by atoms with Crippen molar-refractivity contribution < 1.29 is 28.8 Å². The smallest absolute Gasteiger partial charge is 0.310 e. The summed E-state index contributed by atoms with van der Waals surface area (Å²) in [6.45, 7) is 5.44. The van der Waals surface area contributed by atoms with Gasteiger partial charge in [0.15, 0.2) is 11.5 Å². The summed E-state index contributed by atoms with van der Waals surface area (Å²) in [5.41, 5.74) is 1.36. The van der Waals surface area contributed by atoms with Crippen molar-refractivity contribution in [3.8, 4) is 11.5 Å². The van der Waals surface area contributed by atoms with E-state index in [9.17, 15) is 9.90 Å². The van der Waals surface area contributed by atoms with E-state index in [-0.39, 0.29) is 41.5 Å². The van der Waals surface area contributed by atoms with Gasteiger partial charge in [-0.1, -0.05) is 13.0 Å². The topological polar surface area (TPSA) is 80.8 Å². The molecule has 2 heterocycles. The van der Waals surface area contributed by atoms with Gasteiger partial charge in [0.05, 0.1) is 32.3 Å². The van der Waals surface area contributed by atoms with Gasteiger partial charge in [-0.15, -0.1) is 0 Å². The number of ether oxygens (including phenoxy) is 4. The first-order valence-corrected chi connectivity index (χ1v) is 12.8. The Hall–Kier alpha value is -1.83. The van der Waals surface area contributed by atoms with Crippen molar-refractivity contribution in [1.82, 2.24) is 4.90 Å². The van der Waals surface area contributed by atoms with Crippen LogP contribution in [0.3, 0.4) is 0 Å². The maximum absolute atomic E-state index is 13.1. The Kier molecular flexibility index (Phi) is 6.55. The third-order valence-corrected chi connectivity index (χ3v) is 9.02. The molecule has 34 heavy (non-hydrogen) atoms. The predicted molar refractivity (Wildman–Crippen MR) is 127 cm³/mol. The van der Waals surface area contributed by atoms with Crippen LogP contribution in [0.15, 0.2) is 18.2 Å². The molecule has 7 heteroatoms. The van der Waals surface area contributed by atoms with Crippen LogP contribution in [0, 0.1) is 23.2 Å². The van der Waals surface area contributed by atoms with Gasteiger partial charge >= 0.3 is 5.97 Å². The molecular formula is C27H39NO6. The lowest BCUT2D eigenvalue weighted by Gasteiger charge is -2.51. The average molecular weight is 474 g/mol. The van der Waals surface area contributed by atoms with Gasteiger partial charge in [0.25, 0.3) is 0 Å². The summed E-state index contributed by atoms with van der Waals surface area (Å²) in [5.74, 6) is 1.97. The number of carbonyl (C=O) groups is 1. The summed E-state index contributed by atoms with van der Waals surface area (Å²) in [7, 11) is 3.27. The van der Waals surface area contributed by atoms with Crippen molar-refractivity contribution in [2.75, 3.05) is 40.5 Å². The van der Waals surface area contributed by atoms with Crippen molar-refractivity contribution in [2.45, 2.75) is 63.7 Å². The minimum Gasteiger partial charge on any atom is -0.493 e. The second-order valence-electron chi connectivity index (χ2n) is 11.1. The highest BCUT2D eigenvalue weighted by Crippen LogP contribution is 2.62. The fraction of sp³-hybridized carbons (Fsp3) is 0.741. The predicted octanol–water partition coefficient (Wildman–Crippen LogP) is 3.42. The number of methoxy groups -OCH3 is 2. The number of hydrogen-bond donors (Lipinski definition) is 1. The Labute approximate surface area is 202 Å². The highest BCUT2D eigenvalue weighted by molar-refractivity contribution is 5.75. The number of esters is 1. The molecule has 1 aromatic rings. The quantitative estimate of drug-likeness (QED) is 0.435. The lowest BCUT2D eigenvalue weighted by atomic mass is 9.53. The Morgan fingerprint density at radius 1 is 1.21 bits per heavy atom. The molecule has 0 amide bonds. The molecule has 0 unspecified atom stereocenters. The zero-order valence-corrected chi connectivity index (χ0v) is 20.8. The van der Waals surface area contributed by atoms with Crippen LogP contribution in [0.25, 0.3) is 0 Å². The number of epoxide rings is 1. The Morgan fingerprint density at radius 2 is 2.00 bits per heavy atom. The van der Waals surface area contributed by atoms with Crippen molar-refractivity contribution in [2.24, 2.45) is 23.2 Å². The van der Waals surface area contributed by atoms with Gasteiger partial charge in [-0.25, -0.2) is 0 Å². The van der Waals surface area contributed by atoms with Crippen molar-refractivity contribution >= 4 is 5.97 Å². The largest absolute Gasteiger partial charge is 0.493 e. The third-order valence-electron chi connectivity index (χ3n) is 9.02. The monoisotopic (exact) mass is 473 g/mol. The fourth-order valence-corrected chi connectivity index (χ4v) is 7.21. The molecule has 0 aromatic heterocycles. The molecule has 7 nitrogen and oxygen atoms in total. The van der Waals surface area contributed by atoms with Crippen molar-refractivity contribution in [1.29, 1.82) is 0 Å². The van der Waals surface area contributed by atoms with Gasteiger partial charge < -0.3 is 24.1 Å². The van der Waals surface area contributed by atoms with E-state index >= 15 is 0 Å². The molecule has 2 saturated carbocycles. The van der Waals surface area contributed by atoms with Crippen LogP contribution in [0.4, 0.5) is 0 Å². The minimum absolute atomic E-state index is 0.0217. The van der Waals surface area contributed by atoms with E-state index in [0.717, 1.165) is 38.0 Å². The number of hydrogen-bond acceptors (Lipinski definition) is 7. The molecule has 2 aliphatic heterocycles. The first-order chi connectivity index (χ1) is 16.4. The zero-order valence-electron chi connectivity index (χ0n) is 20.8. The molecule has 0 bridgehead atoms. The highest BCUT2D eigenvalue weighted by atomic mass is 16.6. The van der Waals surface area contributed by atoms with Crippen LogP contribution < -0.4 is 9.47 Å². The summed E-state index contributed by atoms with van der Waals surface area (Å²) in [4.78, 5) is 15.4. The zero-order chi connectivity index (χ0) is 23.9. The lowest BCUT2D eigenvalue weighted by Crippen LogP contribution is -2.51. The fourth-order valence-electron chi connectivity index (χ4n) is 7.21. The first-order valence-electron chi connectivity index (χ1n) is 12.8. The molecule has 0 radical (unpaired) electrons. The van der Waals surface area contributed by atoms with Gasteiger partial charge in [-0.3, -0.25) is 9.69 Å². The summed E-state index contributed by atoms with van der Waals surface area (Å²) in [5, 5.41) is 9.49. The minimum atomic E-state index is -0.133. The van der Waals surface area contributed by atoms with Gasteiger partial charge in [-0.2, -0.15) is 0 Å². The van der Waals surface area contributed by atoms with E-state index in [4.69, 9.17) is 18.9 Å². The number of carbonyl (C=O) groups excluding carboxylic acids is 1. The van der Waals surface area contributed by atoms with Crippen LogP contribution in [-0.4, -0.2) is 68.2 Å². The van der Waals surface area contributed by atoms with Crippen LogP contribution in [-0.2, 0) is 20.8 Å². The van der Waals surface area contributed by atoms with Crippen LogP contribution in [0.2, 0.25) is 0 Å². The van der Waals surface area contributed by atoms with Crippen LogP contribution in [0.5, 0.6) is 11.5 Å². The van der Waals surface area contributed by atoms with Gasteiger partial charge in [-0.05, 0) is 67.6 Å². The highest BCUT2D eigenvalue weighted by Gasteiger charge is 2.65. The molecular weight excluding hydrogens is 434 g/mol. The third kappa shape index (κ3) is 4.31. The molecule has 4 aliphatic rings. The number of nitrogens with zero attached hydrogens (tertiary/aromatic N) is 1. The van der Waals surface area contributed by atoms with Crippen LogP contribution >= 0.6 is 0 Å². The van der Waals surface area contributed by atoms with Gasteiger partial charge in [0.2, 0.25) is 0 Å². The molecule has 188 valence electrons. The number of benzene rings is 1. The van der Waals surface area contributed by atoms with E-state index in [2.05, 4.69) is 11.8 Å². The Balaban J connectivity index is 1.33. The number of fused-ring (bicyclic) bond motifs is 3. The van der Waals surface area contributed by atoms with E-state index in [0.29, 0.717) is 36.9 Å². The average Bonchev–Trinajstić information content (AvgIpc) is 3.53. The summed E-state index contributed by atoms with van der Waals surface area (Å²) < 4.78 is 22.9. The van der Waals surface area contributed by atoms with E-state index in [1.807, 2.05) is 18.2 Å². The normalized spacial score (nSPS) is 36.2. The van der Waals surface area contributed by atoms with E-state index in [1.54, 1.807) is 14.2 Å². The second-order valence-corrected chi connectivity index (χ2v) is 11.1. The molecule has 1 spiro atoms. The standard InChI is InChI=1S/C27H39NO6/c1-26-8-4-9-27(17-33-27)24(26)13-19-20(25(30)34-23(19)14-26)16-28(10-5-11-29)15-18-6-7-21(31-2)22(12-18)32-3/h6-7,12,19-20,23-24,29H,4-5,8-11,13-17H2,1-3H3/t19-,20+,23-,24-,26-,27+/m1/s1. The molecule has 2 aliphatic carbocycles. The van der Waals surface area contributed by atoms with Gasteiger partial charge in [0, 0.05) is 32.2 Å². The summed E-state index contributed by atoms with van der Waals surface area (Å²) in [6.07, 6.45) is 6.24. The lowest BCUT2D eigenvalue weighted by molar-refractivity contribution is -0.147. The maximum Gasteiger partial charge on any atom is 0.310 e. The second kappa shape index (κ2) is 9.32. The van der Waals surface area contributed by atoms with Gasteiger partial charge in [0.1, 0.15) is 6.10 Å². The number of rotatable bonds is 9. The Morgan fingerprint density at radius 3 is 2.71 bits per heavy atom. The number of aliphatic hydroxyl groups is 1. The maximum atomic E-state index is 13.1. The first kappa shape index (κ1) is 23.9. The molecule has 6 atom stereocenters. The molecule has 1 N–H and O–H groups in total. The molecule has 5 rings (SSSR count). The number of aliphatic hydroxyl groups excluding tert-OH is 1. The summed E-state index contributed by atoms with van der Waals surface area (Å²) >= 11 is 0. The van der Waals surface area contributed by atoms with Crippen molar-refractivity contribution in [3.63, 3.8) is 0 Å². The van der Waals surface area contributed by atoms with E-state index in [1.165, 1.54) is 12.8 Å². The van der Waals surface area contributed by atoms with E-state index < -0.39 is 0 Å². The summed E-state index contributed by atoms with van der Waals surface area (Å²) in [6, 6.07) is 5.94. The van der Waals surface area contributed by atoms with Crippen molar-refractivity contribution in [3.05, 3.63) is 23.8 Å². The Bertz CT molecular complexity index is 901.